The number of nitrogens with two attached hydrogens (primary N) is 1. The summed E-state index contributed by atoms with van der Waals surface area (Å²) >= 11 is 0. The van der Waals surface area contributed by atoms with E-state index in [9.17, 15) is 14.9 Å². The van der Waals surface area contributed by atoms with Gasteiger partial charge in [0.25, 0.3) is 11.6 Å². The zero-order valence-electron chi connectivity index (χ0n) is 11.4. The molecular weight excluding hydrogens is 262 g/mol. The van der Waals surface area contributed by atoms with Crippen LogP contribution in [0.15, 0.2) is 18.2 Å². The highest BCUT2D eigenvalue weighted by molar-refractivity contribution is 5.95. The quantitative estimate of drug-likeness (QED) is 0.501. The molecule has 20 heavy (non-hydrogen) atoms. The van der Waals surface area contributed by atoms with Crippen LogP contribution in [0.5, 0.6) is 0 Å². The first-order valence-corrected chi connectivity index (χ1v) is 6.37. The normalized spacial score (nSPS) is 22.6. The minimum atomic E-state index is -0.587. The number of amides is 1. The molecule has 0 spiro atoms. The van der Waals surface area contributed by atoms with E-state index in [0.29, 0.717) is 13.1 Å². The predicted molar refractivity (Wildman–Crippen MR) is 73.4 cm³/mol. The van der Waals surface area contributed by atoms with E-state index in [-0.39, 0.29) is 35.1 Å². The lowest BCUT2D eigenvalue weighted by atomic mass is 10.1. The molecule has 1 fully saturated rings. The van der Waals surface area contributed by atoms with E-state index in [1.54, 1.807) is 4.90 Å². The van der Waals surface area contributed by atoms with Crippen LogP contribution in [0.25, 0.3) is 0 Å². The van der Waals surface area contributed by atoms with Crippen LogP contribution in [0, 0.1) is 10.1 Å². The van der Waals surface area contributed by atoms with E-state index >= 15 is 0 Å². The number of carbonyl (C=O) groups is 1. The molecule has 1 heterocycles. The second kappa shape index (κ2) is 5.46. The number of nitro benzene ring substituents is 1. The summed E-state index contributed by atoms with van der Waals surface area (Å²) in [5, 5.41) is 10.9. The van der Waals surface area contributed by atoms with Gasteiger partial charge in [-0.25, -0.2) is 0 Å². The number of morpholine rings is 1. The summed E-state index contributed by atoms with van der Waals surface area (Å²) in [6.07, 6.45) is -0.0991. The molecule has 7 heteroatoms. The average Bonchev–Trinajstić information content (AvgIpc) is 2.37. The molecule has 1 saturated heterocycles. The molecule has 1 aliphatic heterocycles. The van der Waals surface area contributed by atoms with Crippen molar-refractivity contribution in [2.75, 3.05) is 18.8 Å². The number of hydrogen-bond donors (Lipinski definition) is 1. The number of benzene rings is 1. The van der Waals surface area contributed by atoms with Crippen molar-refractivity contribution < 1.29 is 14.5 Å². The van der Waals surface area contributed by atoms with E-state index in [0.717, 1.165) is 0 Å². The van der Waals surface area contributed by atoms with Crippen molar-refractivity contribution in [2.45, 2.75) is 26.1 Å². The second-order valence-corrected chi connectivity index (χ2v) is 5.00. The fourth-order valence-electron chi connectivity index (χ4n) is 2.36. The molecular formula is C13H17N3O4. The fraction of sp³-hybridized carbons (Fsp3) is 0.462. The van der Waals surface area contributed by atoms with Crippen molar-refractivity contribution in [1.29, 1.82) is 0 Å². The van der Waals surface area contributed by atoms with Crippen LogP contribution < -0.4 is 5.73 Å². The molecule has 0 aromatic heterocycles. The number of hydrogen-bond acceptors (Lipinski definition) is 5. The second-order valence-electron chi connectivity index (χ2n) is 5.00. The maximum absolute atomic E-state index is 12.4. The van der Waals surface area contributed by atoms with E-state index in [1.165, 1.54) is 18.2 Å². The Kier molecular flexibility index (Phi) is 3.89. The van der Waals surface area contributed by atoms with Crippen LogP contribution in [-0.4, -0.2) is 41.0 Å². The zero-order chi connectivity index (χ0) is 14.9. The summed E-state index contributed by atoms with van der Waals surface area (Å²) in [6.45, 7) is 4.73. The van der Waals surface area contributed by atoms with Gasteiger partial charge in [-0.05, 0) is 26.0 Å². The van der Waals surface area contributed by atoms with Crippen LogP contribution in [0.4, 0.5) is 11.4 Å². The maximum Gasteiger partial charge on any atom is 0.292 e. The summed E-state index contributed by atoms with van der Waals surface area (Å²) in [6, 6.07) is 4.12. The Morgan fingerprint density at radius 3 is 2.55 bits per heavy atom. The minimum Gasteiger partial charge on any atom is -0.393 e. The molecule has 7 nitrogen and oxygen atoms in total. The Morgan fingerprint density at radius 2 is 2.00 bits per heavy atom. The van der Waals surface area contributed by atoms with Crippen molar-refractivity contribution in [3.63, 3.8) is 0 Å². The topological polar surface area (TPSA) is 98.7 Å². The lowest BCUT2D eigenvalue weighted by Gasteiger charge is -2.35. The third kappa shape index (κ3) is 2.88. The summed E-state index contributed by atoms with van der Waals surface area (Å²) in [5.74, 6) is -0.241. The number of anilines is 1. The molecule has 0 aliphatic carbocycles. The Balaban J connectivity index is 2.25. The molecule has 108 valence electrons. The molecule has 0 saturated carbocycles. The Bertz CT molecular complexity index is 536. The first-order chi connectivity index (χ1) is 9.38. The van der Waals surface area contributed by atoms with Crippen LogP contribution in [0.2, 0.25) is 0 Å². The number of ether oxygens (including phenoxy) is 1. The average molecular weight is 279 g/mol. The van der Waals surface area contributed by atoms with Crippen LogP contribution in [0.1, 0.15) is 24.2 Å². The maximum atomic E-state index is 12.4. The predicted octanol–water partition coefficient (Wildman–Crippen LogP) is 1.43. The first-order valence-electron chi connectivity index (χ1n) is 6.37. The molecule has 0 bridgehead atoms. The summed E-state index contributed by atoms with van der Waals surface area (Å²) < 4.78 is 5.56. The van der Waals surface area contributed by atoms with E-state index in [1.807, 2.05) is 13.8 Å². The highest BCUT2D eigenvalue weighted by Gasteiger charge is 2.27. The number of nitrogens with zero attached hydrogens (tertiary/aromatic N) is 2. The van der Waals surface area contributed by atoms with Gasteiger partial charge in [0.05, 0.1) is 17.1 Å². The van der Waals surface area contributed by atoms with E-state index < -0.39 is 4.92 Å². The smallest absolute Gasteiger partial charge is 0.292 e. The molecule has 0 radical (unpaired) electrons. The molecule has 1 aromatic carbocycles. The number of nitro groups is 1. The van der Waals surface area contributed by atoms with Gasteiger partial charge in [0.2, 0.25) is 0 Å². The summed E-state index contributed by atoms with van der Waals surface area (Å²) in [5.41, 5.74) is 5.60. The van der Waals surface area contributed by atoms with Crippen LogP contribution >= 0.6 is 0 Å². The van der Waals surface area contributed by atoms with Gasteiger partial charge in [-0.3, -0.25) is 14.9 Å². The van der Waals surface area contributed by atoms with Gasteiger partial charge in [-0.2, -0.15) is 0 Å². The number of nitrogen functional groups attached to an aromatic ring is 1. The SMILES string of the molecule is C[C@@H]1CN(C(=O)c2ccc(N)c([N+](=O)[O-])c2)C[C@H](C)O1. The monoisotopic (exact) mass is 279 g/mol. The van der Waals surface area contributed by atoms with Crippen molar-refractivity contribution in [2.24, 2.45) is 0 Å². The lowest BCUT2D eigenvalue weighted by molar-refractivity contribution is -0.383. The third-order valence-electron chi connectivity index (χ3n) is 3.18. The van der Waals surface area contributed by atoms with Gasteiger partial charge in [0.15, 0.2) is 0 Å². The molecule has 1 aliphatic rings. The Hall–Kier alpha value is -2.15. The van der Waals surface area contributed by atoms with Crippen molar-refractivity contribution >= 4 is 17.3 Å². The standard InChI is InChI=1S/C13H17N3O4/c1-8-6-15(7-9(2)20-8)13(17)10-3-4-11(14)12(5-10)16(18)19/h3-5,8-9H,6-7,14H2,1-2H3/t8-,9+. The molecule has 1 aromatic rings. The van der Waals surface area contributed by atoms with Crippen molar-refractivity contribution in [3.05, 3.63) is 33.9 Å². The van der Waals surface area contributed by atoms with Crippen LogP contribution in [-0.2, 0) is 4.74 Å². The van der Waals surface area contributed by atoms with Gasteiger partial charge in [0.1, 0.15) is 5.69 Å². The van der Waals surface area contributed by atoms with Crippen molar-refractivity contribution in [3.8, 4) is 0 Å². The number of carbonyl (C=O) groups excluding carboxylic acids is 1. The highest BCUT2D eigenvalue weighted by Crippen LogP contribution is 2.24. The Labute approximate surface area is 116 Å². The molecule has 1 amide bonds. The van der Waals surface area contributed by atoms with Gasteiger partial charge in [-0.1, -0.05) is 0 Å². The van der Waals surface area contributed by atoms with Gasteiger partial charge in [-0.15, -0.1) is 0 Å². The first kappa shape index (κ1) is 14.3. The summed E-state index contributed by atoms with van der Waals surface area (Å²) in [4.78, 5) is 24.3. The van der Waals surface area contributed by atoms with Gasteiger partial charge >= 0.3 is 0 Å². The fourth-order valence-corrected chi connectivity index (χ4v) is 2.36. The van der Waals surface area contributed by atoms with Crippen molar-refractivity contribution in [1.82, 2.24) is 4.90 Å². The minimum absolute atomic E-state index is 0.0496. The van der Waals surface area contributed by atoms with E-state index in [4.69, 9.17) is 10.5 Å². The Morgan fingerprint density at radius 1 is 1.40 bits per heavy atom. The third-order valence-corrected chi connectivity index (χ3v) is 3.18. The molecule has 2 N–H and O–H groups in total. The highest BCUT2D eigenvalue weighted by atomic mass is 16.6. The van der Waals surface area contributed by atoms with Gasteiger partial charge in [0, 0.05) is 24.7 Å². The largest absolute Gasteiger partial charge is 0.393 e. The lowest BCUT2D eigenvalue weighted by Crippen LogP contribution is -2.48. The molecule has 2 atom stereocenters. The summed E-state index contributed by atoms with van der Waals surface area (Å²) in [7, 11) is 0. The van der Waals surface area contributed by atoms with E-state index in [2.05, 4.69) is 0 Å². The van der Waals surface area contributed by atoms with Crippen LogP contribution in [0.3, 0.4) is 0 Å². The molecule has 0 unspecified atom stereocenters. The number of rotatable bonds is 2. The van der Waals surface area contributed by atoms with Gasteiger partial charge < -0.3 is 15.4 Å². The molecule has 2 rings (SSSR count). The zero-order valence-corrected chi connectivity index (χ0v) is 11.4.